The zero-order chi connectivity index (χ0) is 13.1. The molecule has 1 fully saturated rings. The second-order valence-electron chi connectivity index (χ2n) is 4.76. The lowest BCUT2D eigenvalue weighted by molar-refractivity contribution is 0.0951. The van der Waals surface area contributed by atoms with Crippen molar-refractivity contribution in [3.05, 3.63) is 23.6 Å². The molecule has 0 radical (unpaired) electrons. The summed E-state index contributed by atoms with van der Waals surface area (Å²) >= 11 is 0. The molecule has 0 aliphatic heterocycles. The van der Waals surface area contributed by atoms with E-state index >= 15 is 0 Å². The van der Waals surface area contributed by atoms with E-state index in [-0.39, 0.29) is 11.5 Å². The molecule has 1 aromatic heterocycles. The smallest absolute Gasteiger partial charge is 0.255 e. The van der Waals surface area contributed by atoms with Crippen LogP contribution in [-0.4, -0.2) is 24.0 Å². The summed E-state index contributed by atoms with van der Waals surface area (Å²) in [5.74, 6) is 0.918. The maximum absolute atomic E-state index is 13.2. The van der Waals surface area contributed by atoms with Crippen molar-refractivity contribution in [2.75, 3.05) is 18.4 Å². The van der Waals surface area contributed by atoms with Gasteiger partial charge in [-0.1, -0.05) is 6.92 Å². The van der Waals surface area contributed by atoms with E-state index < -0.39 is 5.82 Å². The van der Waals surface area contributed by atoms with Crippen molar-refractivity contribution in [2.45, 2.75) is 20.3 Å². The fourth-order valence-electron chi connectivity index (χ4n) is 1.92. The van der Waals surface area contributed by atoms with Crippen LogP contribution in [0.1, 0.15) is 30.6 Å². The number of rotatable bonds is 5. The normalized spacial score (nSPS) is 21.5. The Bertz CT molecular complexity index is 450. The standard InChI is InChI=1S/C13H18FN3O/c1-3-15-12-11(5-10(14)7-16-12)13(18)17-6-9-4-8(9)2/h5,7-9H,3-4,6H2,1-2H3,(H,15,16)(H,17,18). The van der Waals surface area contributed by atoms with Gasteiger partial charge in [-0.3, -0.25) is 4.79 Å². The van der Waals surface area contributed by atoms with Gasteiger partial charge in [0.1, 0.15) is 11.6 Å². The third-order valence-corrected chi connectivity index (χ3v) is 3.24. The zero-order valence-corrected chi connectivity index (χ0v) is 10.7. The van der Waals surface area contributed by atoms with Crippen LogP contribution in [0.5, 0.6) is 0 Å². The number of hydrogen-bond acceptors (Lipinski definition) is 3. The van der Waals surface area contributed by atoms with Crippen LogP contribution in [0.4, 0.5) is 10.2 Å². The van der Waals surface area contributed by atoms with Crippen LogP contribution in [0.3, 0.4) is 0 Å². The third kappa shape index (κ3) is 2.97. The van der Waals surface area contributed by atoms with Crippen LogP contribution in [0.25, 0.3) is 0 Å². The minimum Gasteiger partial charge on any atom is -0.370 e. The van der Waals surface area contributed by atoms with E-state index in [9.17, 15) is 9.18 Å². The Hall–Kier alpha value is -1.65. The molecular formula is C13H18FN3O. The molecule has 0 bridgehead atoms. The first-order valence-electron chi connectivity index (χ1n) is 6.29. The number of carbonyl (C=O) groups excluding carboxylic acids is 1. The van der Waals surface area contributed by atoms with Crippen molar-refractivity contribution >= 4 is 11.7 Å². The van der Waals surface area contributed by atoms with E-state index in [1.165, 1.54) is 6.07 Å². The SMILES string of the molecule is CCNc1ncc(F)cc1C(=O)NCC1CC1C. The Kier molecular flexibility index (Phi) is 3.79. The lowest BCUT2D eigenvalue weighted by Crippen LogP contribution is -2.27. The number of carbonyl (C=O) groups is 1. The summed E-state index contributed by atoms with van der Waals surface area (Å²) < 4.78 is 13.2. The van der Waals surface area contributed by atoms with E-state index in [1.54, 1.807) is 0 Å². The molecule has 2 atom stereocenters. The molecule has 2 unspecified atom stereocenters. The van der Waals surface area contributed by atoms with Crippen LogP contribution in [-0.2, 0) is 0 Å². The van der Waals surface area contributed by atoms with Crippen molar-refractivity contribution in [3.8, 4) is 0 Å². The second kappa shape index (κ2) is 5.33. The van der Waals surface area contributed by atoms with Crippen LogP contribution < -0.4 is 10.6 Å². The fourth-order valence-corrected chi connectivity index (χ4v) is 1.92. The van der Waals surface area contributed by atoms with Crippen LogP contribution >= 0.6 is 0 Å². The van der Waals surface area contributed by atoms with Crippen LogP contribution in [0.2, 0.25) is 0 Å². The molecular weight excluding hydrogens is 233 g/mol. The number of anilines is 1. The number of hydrogen-bond donors (Lipinski definition) is 2. The Morgan fingerprint density at radius 2 is 2.33 bits per heavy atom. The molecule has 5 heteroatoms. The van der Waals surface area contributed by atoms with Gasteiger partial charge in [0.2, 0.25) is 0 Å². The summed E-state index contributed by atoms with van der Waals surface area (Å²) in [7, 11) is 0. The van der Waals surface area contributed by atoms with Gasteiger partial charge in [-0.25, -0.2) is 9.37 Å². The van der Waals surface area contributed by atoms with Crippen LogP contribution in [0, 0.1) is 17.7 Å². The summed E-state index contributed by atoms with van der Waals surface area (Å²) in [5.41, 5.74) is 0.269. The van der Waals surface area contributed by atoms with Gasteiger partial charge in [-0.05, 0) is 31.2 Å². The van der Waals surface area contributed by atoms with Gasteiger partial charge in [0.25, 0.3) is 5.91 Å². The van der Waals surface area contributed by atoms with Crippen molar-refractivity contribution < 1.29 is 9.18 Å². The number of amides is 1. The molecule has 0 aromatic carbocycles. The molecule has 4 nitrogen and oxygen atoms in total. The molecule has 1 aliphatic rings. The second-order valence-corrected chi connectivity index (χ2v) is 4.76. The Balaban J connectivity index is 2.04. The molecule has 1 saturated carbocycles. The van der Waals surface area contributed by atoms with Crippen molar-refractivity contribution in [2.24, 2.45) is 11.8 Å². The highest BCUT2D eigenvalue weighted by molar-refractivity contribution is 5.98. The van der Waals surface area contributed by atoms with Crippen molar-refractivity contribution in [3.63, 3.8) is 0 Å². The fraction of sp³-hybridized carbons (Fsp3) is 0.538. The van der Waals surface area contributed by atoms with Crippen molar-refractivity contribution in [1.82, 2.24) is 10.3 Å². The number of pyridine rings is 1. The molecule has 1 amide bonds. The number of nitrogens with zero attached hydrogens (tertiary/aromatic N) is 1. The van der Waals surface area contributed by atoms with Gasteiger partial charge >= 0.3 is 0 Å². The molecule has 0 saturated heterocycles. The number of nitrogens with one attached hydrogen (secondary N) is 2. The minimum atomic E-state index is -0.499. The minimum absolute atomic E-state index is 0.267. The number of aromatic nitrogens is 1. The molecule has 2 rings (SSSR count). The Morgan fingerprint density at radius 1 is 1.61 bits per heavy atom. The van der Waals surface area contributed by atoms with Gasteiger partial charge in [-0.2, -0.15) is 0 Å². The monoisotopic (exact) mass is 251 g/mol. The first-order valence-corrected chi connectivity index (χ1v) is 6.29. The summed E-state index contributed by atoms with van der Waals surface area (Å²) in [5, 5.41) is 5.79. The topological polar surface area (TPSA) is 54.0 Å². The van der Waals surface area contributed by atoms with E-state index in [0.717, 1.165) is 12.6 Å². The molecule has 0 spiro atoms. The van der Waals surface area contributed by atoms with Crippen molar-refractivity contribution in [1.29, 1.82) is 0 Å². The Morgan fingerprint density at radius 3 is 2.94 bits per heavy atom. The average Bonchev–Trinajstić information content (AvgIpc) is 3.05. The summed E-state index contributed by atoms with van der Waals surface area (Å²) in [6.45, 7) is 5.35. The highest BCUT2D eigenvalue weighted by Gasteiger charge is 2.32. The first-order chi connectivity index (χ1) is 8.61. The molecule has 1 aromatic rings. The number of halogens is 1. The summed E-state index contributed by atoms with van der Waals surface area (Å²) in [6, 6.07) is 1.22. The largest absolute Gasteiger partial charge is 0.370 e. The summed E-state index contributed by atoms with van der Waals surface area (Å²) in [4.78, 5) is 15.9. The van der Waals surface area contributed by atoms with Gasteiger partial charge in [0.15, 0.2) is 0 Å². The highest BCUT2D eigenvalue weighted by atomic mass is 19.1. The molecule has 18 heavy (non-hydrogen) atoms. The van der Waals surface area contributed by atoms with E-state index in [1.807, 2.05) is 6.92 Å². The summed E-state index contributed by atoms with van der Waals surface area (Å²) in [6.07, 6.45) is 2.26. The van der Waals surface area contributed by atoms with E-state index in [0.29, 0.717) is 30.7 Å². The molecule has 2 N–H and O–H groups in total. The van der Waals surface area contributed by atoms with Gasteiger partial charge < -0.3 is 10.6 Å². The molecule has 1 heterocycles. The molecule has 98 valence electrons. The quantitative estimate of drug-likeness (QED) is 0.842. The third-order valence-electron chi connectivity index (χ3n) is 3.24. The zero-order valence-electron chi connectivity index (χ0n) is 10.7. The van der Waals surface area contributed by atoms with Gasteiger partial charge in [-0.15, -0.1) is 0 Å². The van der Waals surface area contributed by atoms with Gasteiger partial charge in [0, 0.05) is 13.1 Å². The van der Waals surface area contributed by atoms with E-state index in [2.05, 4.69) is 22.5 Å². The maximum Gasteiger partial charge on any atom is 0.255 e. The van der Waals surface area contributed by atoms with Crippen LogP contribution in [0.15, 0.2) is 12.3 Å². The lowest BCUT2D eigenvalue weighted by Gasteiger charge is -2.10. The van der Waals surface area contributed by atoms with E-state index in [4.69, 9.17) is 0 Å². The predicted octanol–water partition coefficient (Wildman–Crippen LogP) is 2.04. The predicted molar refractivity (Wildman–Crippen MR) is 68.0 cm³/mol. The Labute approximate surface area is 106 Å². The van der Waals surface area contributed by atoms with Gasteiger partial charge in [0.05, 0.1) is 11.8 Å². The average molecular weight is 251 g/mol. The lowest BCUT2D eigenvalue weighted by atomic mass is 10.2. The highest BCUT2D eigenvalue weighted by Crippen LogP contribution is 2.36. The molecule has 1 aliphatic carbocycles. The maximum atomic E-state index is 13.2. The first kappa shape index (κ1) is 12.8.